The lowest BCUT2D eigenvalue weighted by atomic mass is 9.65. The number of hydrogen-bond acceptors (Lipinski definition) is 3. The minimum absolute atomic E-state index is 0.0153. The van der Waals surface area contributed by atoms with Gasteiger partial charge in [0.2, 0.25) is 0 Å². The van der Waals surface area contributed by atoms with Gasteiger partial charge >= 0.3 is 0 Å². The van der Waals surface area contributed by atoms with Crippen LogP contribution >= 0.6 is 0 Å². The number of pyridine rings is 1. The molecule has 1 aromatic heterocycles. The molecule has 1 saturated carbocycles. The number of nitrogens with one attached hydrogen (secondary N) is 1. The van der Waals surface area contributed by atoms with Gasteiger partial charge in [0.15, 0.2) is 0 Å². The molecule has 6 rings (SSSR count). The third-order valence-electron chi connectivity index (χ3n) is 8.64. The summed E-state index contributed by atoms with van der Waals surface area (Å²) in [4.78, 5) is 21.0. The highest BCUT2D eigenvalue weighted by Gasteiger charge is 2.61. The molecule has 3 aromatic rings. The number of piperidine rings is 1. The van der Waals surface area contributed by atoms with Gasteiger partial charge in [0.05, 0.1) is 0 Å². The molecule has 2 aromatic carbocycles. The molecule has 3 heterocycles. The van der Waals surface area contributed by atoms with E-state index in [4.69, 9.17) is 4.98 Å². The summed E-state index contributed by atoms with van der Waals surface area (Å²) in [6, 6.07) is 23.9. The normalized spacial score (nSPS) is 29.3. The largest absolute Gasteiger partial charge is 0.329 e. The van der Waals surface area contributed by atoms with Gasteiger partial charge in [-0.05, 0) is 61.4 Å². The highest BCUT2D eigenvalue weighted by atomic mass is 19.1. The molecule has 4 nitrogen and oxygen atoms in total. The van der Waals surface area contributed by atoms with E-state index in [0.717, 1.165) is 31.4 Å². The van der Waals surface area contributed by atoms with Gasteiger partial charge in [-0.25, -0.2) is 9.37 Å². The molecular formula is C30H32FN3O. The summed E-state index contributed by atoms with van der Waals surface area (Å²) in [6.07, 6.45) is 5.67. The first-order valence-corrected chi connectivity index (χ1v) is 12.8. The van der Waals surface area contributed by atoms with Crippen LogP contribution in [0.15, 0.2) is 72.8 Å². The Balaban J connectivity index is 1.31. The second kappa shape index (κ2) is 8.87. The van der Waals surface area contributed by atoms with Crippen LogP contribution in [-0.2, 0) is 12.8 Å². The van der Waals surface area contributed by atoms with Crippen LogP contribution < -0.4 is 5.32 Å². The van der Waals surface area contributed by atoms with Crippen molar-refractivity contribution in [3.05, 3.63) is 101 Å². The second-order valence-corrected chi connectivity index (χ2v) is 10.7. The van der Waals surface area contributed by atoms with Gasteiger partial charge in [-0.1, -0.05) is 61.5 Å². The standard InChI is InChI=1S/C30H32FN3O/c1-30-19-26-25(17-20-9-3-2-4-10-20)33-27(30)15-8-16-28(30)34(26)29(35)24-14-7-12-22(32-24)18-21-11-5-6-13-23(21)31/h2-7,9-14,25-28,33H,8,15-19H2,1H3/t25-,26+,27-,28+,30-/m1/s1. The Kier molecular flexibility index (Phi) is 5.68. The maximum absolute atomic E-state index is 14.2. The monoisotopic (exact) mass is 469 g/mol. The SMILES string of the molecule is C[C@@]12C[C@H]3[C@@H](Cc4ccccc4)N[C@@H]1CCC[C@@H]2N3C(=O)c1cccc(Cc2ccccc2F)n1. The summed E-state index contributed by atoms with van der Waals surface area (Å²) >= 11 is 0. The lowest BCUT2D eigenvalue weighted by Crippen LogP contribution is -2.58. The van der Waals surface area contributed by atoms with Gasteiger partial charge < -0.3 is 10.2 Å². The molecule has 2 saturated heterocycles. The molecule has 1 aliphatic carbocycles. The van der Waals surface area contributed by atoms with E-state index < -0.39 is 0 Å². The number of amides is 1. The van der Waals surface area contributed by atoms with Crippen LogP contribution in [0.2, 0.25) is 0 Å². The minimum Gasteiger partial charge on any atom is -0.329 e. The van der Waals surface area contributed by atoms with E-state index in [-0.39, 0.29) is 35.3 Å². The van der Waals surface area contributed by atoms with Crippen molar-refractivity contribution in [2.24, 2.45) is 5.41 Å². The topological polar surface area (TPSA) is 45.2 Å². The smallest absolute Gasteiger partial charge is 0.273 e. The van der Waals surface area contributed by atoms with Crippen LogP contribution in [0.5, 0.6) is 0 Å². The van der Waals surface area contributed by atoms with Crippen molar-refractivity contribution in [2.45, 2.75) is 69.6 Å². The Morgan fingerprint density at radius 1 is 1.06 bits per heavy atom. The lowest BCUT2D eigenvalue weighted by molar-refractivity contribution is 0.0553. The van der Waals surface area contributed by atoms with Gasteiger partial charge in [-0.15, -0.1) is 0 Å². The third kappa shape index (κ3) is 3.96. The zero-order valence-electron chi connectivity index (χ0n) is 20.2. The highest BCUT2D eigenvalue weighted by Crippen LogP contribution is 2.53. The van der Waals surface area contributed by atoms with Crippen molar-refractivity contribution in [3.8, 4) is 0 Å². The first-order valence-electron chi connectivity index (χ1n) is 12.8. The molecule has 180 valence electrons. The molecular weight excluding hydrogens is 437 g/mol. The molecule has 0 radical (unpaired) electrons. The first-order chi connectivity index (χ1) is 17.0. The Bertz CT molecular complexity index is 1230. The number of benzene rings is 2. The van der Waals surface area contributed by atoms with Crippen LogP contribution in [0.4, 0.5) is 4.39 Å². The number of fused-ring (bicyclic) bond motifs is 1. The molecule has 2 aliphatic heterocycles. The number of carbonyl (C=O) groups excluding carboxylic acids is 1. The minimum atomic E-state index is -0.240. The maximum atomic E-state index is 14.2. The summed E-state index contributed by atoms with van der Waals surface area (Å²) in [5, 5.41) is 3.97. The number of hydrogen-bond donors (Lipinski definition) is 1. The Morgan fingerprint density at radius 3 is 2.69 bits per heavy atom. The van der Waals surface area contributed by atoms with E-state index in [2.05, 4.69) is 41.4 Å². The van der Waals surface area contributed by atoms with E-state index in [9.17, 15) is 9.18 Å². The van der Waals surface area contributed by atoms with E-state index >= 15 is 0 Å². The molecule has 3 fully saturated rings. The first kappa shape index (κ1) is 22.4. The van der Waals surface area contributed by atoms with E-state index in [1.165, 1.54) is 18.1 Å². The van der Waals surface area contributed by atoms with Gasteiger partial charge in [0.1, 0.15) is 11.5 Å². The Hall–Kier alpha value is -3.05. The predicted octanol–water partition coefficient (Wildman–Crippen LogP) is 5.17. The van der Waals surface area contributed by atoms with Crippen molar-refractivity contribution in [1.82, 2.24) is 15.2 Å². The van der Waals surface area contributed by atoms with E-state index in [1.807, 2.05) is 30.3 Å². The summed E-state index contributed by atoms with van der Waals surface area (Å²) in [5.74, 6) is -0.225. The Morgan fingerprint density at radius 2 is 1.86 bits per heavy atom. The molecule has 1 amide bonds. The van der Waals surface area contributed by atoms with Crippen molar-refractivity contribution in [3.63, 3.8) is 0 Å². The van der Waals surface area contributed by atoms with Crippen LogP contribution in [0.1, 0.15) is 59.9 Å². The van der Waals surface area contributed by atoms with Crippen molar-refractivity contribution in [1.29, 1.82) is 0 Å². The second-order valence-electron chi connectivity index (χ2n) is 10.7. The number of aromatic nitrogens is 1. The van der Waals surface area contributed by atoms with Gasteiger partial charge in [0, 0.05) is 41.7 Å². The molecule has 2 bridgehead atoms. The summed E-state index contributed by atoms with van der Waals surface area (Å²) < 4.78 is 14.2. The van der Waals surface area contributed by atoms with Crippen molar-refractivity contribution < 1.29 is 9.18 Å². The summed E-state index contributed by atoms with van der Waals surface area (Å²) in [7, 11) is 0. The van der Waals surface area contributed by atoms with Gasteiger partial charge in [0.25, 0.3) is 5.91 Å². The van der Waals surface area contributed by atoms with E-state index in [1.54, 1.807) is 12.1 Å². The van der Waals surface area contributed by atoms with Crippen molar-refractivity contribution >= 4 is 5.91 Å². The average Bonchev–Trinajstić information content (AvgIpc) is 3.18. The van der Waals surface area contributed by atoms with Gasteiger partial charge in [-0.3, -0.25) is 4.79 Å². The van der Waals surface area contributed by atoms with Crippen LogP contribution in [0, 0.1) is 11.2 Å². The molecule has 5 heteroatoms. The lowest BCUT2D eigenvalue weighted by Gasteiger charge is -2.46. The predicted molar refractivity (Wildman–Crippen MR) is 135 cm³/mol. The summed E-state index contributed by atoms with van der Waals surface area (Å²) in [6.45, 7) is 2.37. The summed E-state index contributed by atoms with van der Waals surface area (Å²) in [5.41, 5.74) is 3.17. The number of halogens is 1. The van der Waals surface area contributed by atoms with Gasteiger partial charge in [-0.2, -0.15) is 0 Å². The zero-order valence-corrected chi connectivity index (χ0v) is 20.2. The number of likely N-dealkylation sites (tertiary alicyclic amines) is 1. The molecule has 1 N–H and O–H groups in total. The average molecular weight is 470 g/mol. The Labute approximate surface area is 206 Å². The molecule has 5 atom stereocenters. The highest BCUT2D eigenvalue weighted by molar-refractivity contribution is 5.93. The number of carbonyl (C=O) groups is 1. The number of nitrogens with zero attached hydrogens (tertiary/aromatic N) is 2. The van der Waals surface area contributed by atoms with Crippen LogP contribution in [0.3, 0.4) is 0 Å². The molecule has 3 aliphatic rings. The molecule has 35 heavy (non-hydrogen) atoms. The van der Waals surface area contributed by atoms with Crippen LogP contribution in [0.25, 0.3) is 0 Å². The third-order valence-corrected chi connectivity index (χ3v) is 8.64. The fourth-order valence-corrected chi connectivity index (χ4v) is 6.92. The molecule has 0 unspecified atom stereocenters. The maximum Gasteiger partial charge on any atom is 0.273 e. The quantitative estimate of drug-likeness (QED) is 0.561. The molecule has 0 spiro atoms. The fourth-order valence-electron chi connectivity index (χ4n) is 6.92. The van der Waals surface area contributed by atoms with E-state index in [0.29, 0.717) is 23.7 Å². The van der Waals surface area contributed by atoms with Crippen molar-refractivity contribution in [2.75, 3.05) is 0 Å². The zero-order chi connectivity index (χ0) is 24.0. The fraction of sp³-hybridized carbons (Fsp3) is 0.400. The van der Waals surface area contributed by atoms with Crippen LogP contribution in [-0.4, -0.2) is 40.0 Å². The number of rotatable bonds is 5.